The number of nitrogens with zero attached hydrogens (tertiary/aromatic N) is 1. The summed E-state index contributed by atoms with van der Waals surface area (Å²) in [5, 5.41) is 1.92. The van der Waals surface area contributed by atoms with Crippen LogP contribution in [0.15, 0.2) is 48.7 Å². The Morgan fingerprint density at radius 1 is 1.14 bits per heavy atom. The van der Waals surface area contributed by atoms with Crippen LogP contribution in [-0.4, -0.2) is 4.57 Å². The number of fused-ring (bicyclic) bond motifs is 1. The largest absolute Gasteiger partial charge is 0.489 e. The summed E-state index contributed by atoms with van der Waals surface area (Å²) in [5.41, 5.74) is 9.28. The molecule has 3 nitrogen and oxygen atoms in total. The van der Waals surface area contributed by atoms with Crippen LogP contribution in [0, 0.1) is 0 Å². The molecule has 22 heavy (non-hydrogen) atoms. The van der Waals surface area contributed by atoms with Crippen LogP contribution in [0.3, 0.4) is 0 Å². The molecule has 0 aliphatic rings. The van der Waals surface area contributed by atoms with Crippen molar-refractivity contribution in [1.29, 1.82) is 0 Å². The first-order chi connectivity index (χ1) is 10.7. The van der Waals surface area contributed by atoms with Gasteiger partial charge in [-0.05, 0) is 48.9 Å². The molecule has 3 aromatic rings. The van der Waals surface area contributed by atoms with Gasteiger partial charge in [0.2, 0.25) is 0 Å². The van der Waals surface area contributed by atoms with Crippen molar-refractivity contribution in [3.63, 3.8) is 0 Å². The molecule has 0 saturated heterocycles. The second-order valence-corrected chi connectivity index (χ2v) is 5.68. The molecule has 0 spiro atoms. The predicted molar refractivity (Wildman–Crippen MR) is 91.3 cm³/mol. The van der Waals surface area contributed by atoms with Gasteiger partial charge in [0.05, 0.1) is 0 Å². The maximum absolute atomic E-state index is 5.89. The summed E-state index contributed by atoms with van der Waals surface area (Å²) < 4.78 is 8.12. The third-order valence-electron chi connectivity index (χ3n) is 3.81. The van der Waals surface area contributed by atoms with Gasteiger partial charge in [-0.2, -0.15) is 0 Å². The molecular formula is C18H19ClN2O. The number of aryl methyl sites for hydroxylation is 1. The van der Waals surface area contributed by atoms with Gasteiger partial charge in [0, 0.05) is 40.8 Å². The van der Waals surface area contributed by atoms with Crippen LogP contribution in [0.4, 0.5) is 0 Å². The van der Waals surface area contributed by atoms with Crippen molar-refractivity contribution < 1.29 is 4.74 Å². The van der Waals surface area contributed by atoms with Crippen LogP contribution in [0.25, 0.3) is 10.9 Å². The average Bonchev–Trinajstić information content (AvgIpc) is 2.91. The monoisotopic (exact) mass is 314 g/mol. The molecule has 0 unspecified atom stereocenters. The second kappa shape index (κ2) is 6.42. The molecule has 0 radical (unpaired) electrons. The molecule has 0 aliphatic carbocycles. The summed E-state index contributed by atoms with van der Waals surface area (Å²) >= 11 is 5.89. The summed E-state index contributed by atoms with van der Waals surface area (Å²) in [4.78, 5) is 0. The van der Waals surface area contributed by atoms with Gasteiger partial charge in [-0.25, -0.2) is 0 Å². The molecule has 0 saturated carbocycles. The van der Waals surface area contributed by atoms with E-state index in [1.807, 2.05) is 24.3 Å². The number of ether oxygens (including phenoxy) is 1. The highest BCUT2D eigenvalue weighted by atomic mass is 35.5. The number of benzene rings is 2. The van der Waals surface area contributed by atoms with E-state index in [2.05, 4.69) is 35.9 Å². The molecule has 114 valence electrons. The molecule has 1 heterocycles. The third-order valence-corrected chi connectivity index (χ3v) is 4.06. The third kappa shape index (κ3) is 2.96. The van der Waals surface area contributed by atoms with Crippen LogP contribution in [0.5, 0.6) is 5.75 Å². The highest BCUT2D eigenvalue weighted by molar-refractivity contribution is 6.30. The smallest absolute Gasteiger partial charge is 0.119 e. The van der Waals surface area contributed by atoms with E-state index in [9.17, 15) is 0 Å². The van der Waals surface area contributed by atoms with Gasteiger partial charge in [0.25, 0.3) is 0 Å². The van der Waals surface area contributed by atoms with Crippen LogP contribution in [0.1, 0.15) is 18.1 Å². The molecule has 0 atom stereocenters. The summed E-state index contributed by atoms with van der Waals surface area (Å²) in [6.45, 7) is 4.14. The minimum absolute atomic E-state index is 0.527. The Morgan fingerprint density at radius 3 is 2.59 bits per heavy atom. The van der Waals surface area contributed by atoms with Crippen LogP contribution < -0.4 is 10.5 Å². The number of hydrogen-bond donors (Lipinski definition) is 1. The standard InChI is InChI=1S/C18H19ClN2O/c1-2-21-11-14(12-22-16-6-4-15(19)5-7-16)17-9-13(10-20)3-8-18(17)21/h3-9,11H,2,10,12,20H2,1H3. The lowest BCUT2D eigenvalue weighted by molar-refractivity contribution is 0.307. The van der Waals surface area contributed by atoms with E-state index in [1.54, 1.807) is 0 Å². The molecule has 4 heteroatoms. The topological polar surface area (TPSA) is 40.2 Å². The van der Waals surface area contributed by atoms with Gasteiger partial charge < -0.3 is 15.0 Å². The summed E-state index contributed by atoms with van der Waals surface area (Å²) in [5.74, 6) is 0.816. The van der Waals surface area contributed by atoms with Crippen molar-refractivity contribution in [2.45, 2.75) is 26.6 Å². The van der Waals surface area contributed by atoms with E-state index in [1.165, 1.54) is 16.5 Å². The zero-order chi connectivity index (χ0) is 15.5. The fourth-order valence-electron chi connectivity index (χ4n) is 2.61. The van der Waals surface area contributed by atoms with Gasteiger partial charge in [-0.3, -0.25) is 0 Å². The zero-order valence-corrected chi connectivity index (χ0v) is 13.3. The Balaban J connectivity index is 1.90. The van der Waals surface area contributed by atoms with Gasteiger partial charge in [-0.15, -0.1) is 0 Å². The van der Waals surface area contributed by atoms with E-state index in [0.29, 0.717) is 18.2 Å². The fourth-order valence-corrected chi connectivity index (χ4v) is 2.74. The van der Waals surface area contributed by atoms with E-state index >= 15 is 0 Å². The summed E-state index contributed by atoms with van der Waals surface area (Å²) in [7, 11) is 0. The first-order valence-electron chi connectivity index (χ1n) is 7.40. The van der Waals surface area contributed by atoms with Crippen molar-refractivity contribution in [1.82, 2.24) is 4.57 Å². The Labute approximate surface area is 135 Å². The zero-order valence-electron chi connectivity index (χ0n) is 12.6. The van der Waals surface area contributed by atoms with Gasteiger partial charge >= 0.3 is 0 Å². The lowest BCUT2D eigenvalue weighted by Gasteiger charge is -2.06. The van der Waals surface area contributed by atoms with E-state index in [0.717, 1.165) is 17.9 Å². The Bertz CT molecular complexity index is 778. The molecule has 2 N–H and O–H groups in total. The molecule has 0 fully saturated rings. The molecular weight excluding hydrogens is 296 g/mol. The lowest BCUT2D eigenvalue weighted by atomic mass is 10.1. The van der Waals surface area contributed by atoms with E-state index in [4.69, 9.17) is 22.1 Å². The molecule has 3 rings (SSSR count). The summed E-state index contributed by atoms with van der Waals surface area (Å²) in [6.07, 6.45) is 2.15. The quantitative estimate of drug-likeness (QED) is 0.760. The van der Waals surface area contributed by atoms with Crippen LogP contribution in [0.2, 0.25) is 5.02 Å². The molecule has 0 bridgehead atoms. The maximum atomic E-state index is 5.89. The van der Waals surface area contributed by atoms with Crippen molar-refractivity contribution in [3.05, 3.63) is 64.8 Å². The normalized spacial score (nSPS) is 11.0. The minimum atomic E-state index is 0.527. The lowest BCUT2D eigenvalue weighted by Crippen LogP contribution is -1.97. The fraction of sp³-hybridized carbons (Fsp3) is 0.222. The van der Waals surface area contributed by atoms with Crippen molar-refractivity contribution in [2.75, 3.05) is 0 Å². The number of nitrogens with two attached hydrogens (primary N) is 1. The highest BCUT2D eigenvalue weighted by Crippen LogP contribution is 2.25. The molecule has 2 aromatic carbocycles. The average molecular weight is 315 g/mol. The molecule has 1 aromatic heterocycles. The number of aromatic nitrogens is 1. The van der Waals surface area contributed by atoms with Crippen LogP contribution >= 0.6 is 11.6 Å². The van der Waals surface area contributed by atoms with Gasteiger partial charge in [0.1, 0.15) is 12.4 Å². The minimum Gasteiger partial charge on any atom is -0.489 e. The van der Waals surface area contributed by atoms with E-state index in [-0.39, 0.29) is 0 Å². The highest BCUT2D eigenvalue weighted by Gasteiger charge is 2.09. The van der Waals surface area contributed by atoms with Crippen LogP contribution in [-0.2, 0) is 19.7 Å². The molecule has 0 amide bonds. The second-order valence-electron chi connectivity index (χ2n) is 5.24. The van der Waals surface area contributed by atoms with E-state index < -0.39 is 0 Å². The van der Waals surface area contributed by atoms with Crippen molar-refractivity contribution in [2.24, 2.45) is 5.73 Å². The Kier molecular flexibility index (Phi) is 4.36. The number of hydrogen-bond acceptors (Lipinski definition) is 2. The predicted octanol–water partition coefficient (Wildman–Crippen LogP) is 4.35. The number of halogens is 1. The first-order valence-corrected chi connectivity index (χ1v) is 7.78. The van der Waals surface area contributed by atoms with Gasteiger partial charge in [-0.1, -0.05) is 17.7 Å². The first kappa shape index (κ1) is 14.9. The summed E-state index contributed by atoms with van der Waals surface area (Å²) in [6, 6.07) is 13.8. The SMILES string of the molecule is CCn1cc(COc2ccc(Cl)cc2)c2cc(CN)ccc21. The Hall–Kier alpha value is -1.97. The van der Waals surface area contributed by atoms with Crippen molar-refractivity contribution >= 4 is 22.5 Å². The maximum Gasteiger partial charge on any atom is 0.119 e. The number of rotatable bonds is 5. The van der Waals surface area contributed by atoms with Gasteiger partial charge in [0.15, 0.2) is 0 Å². The Morgan fingerprint density at radius 2 is 1.91 bits per heavy atom. The van der Waals surface area contributed by atoms with Crippen molar-refractivity contribution in [3.8, 4) is 5.75 Å². The molecule has 0 aliphatic heterocycles.